The highest BCUT2D eigenvalue weighted by molar-refractivity contribution is 7.99. The third-order valence-corrected chi connectivity index (χ3v) is 8.26. The van der Waals surface area contributed by atoms with Gasteiger partial charge in [0.2, 0.25) is 0 Å². The maximum Gasteiger partial charge on any atom is 0.417 e. The van der Waals surface area contributed by atoms with Crippen LogP contribution in [0.5, 0.6) is 0 Å². The van der Waals surface area contributed by atoms with Gasteiger partial charge in [0.15, 0.2) is 0 Å². The highest BCUT2D eigenvalue weighted by Crippen LogP contribution is 2.49. The van der Waals surface area contributed by atoms with Crippen LogP contribution in [-0.4, -0.2) is 48.7 Å². The molecule has 1 N–H and O–H groups in total. The summed E-state index contributed by atoms with van der Waals surface area (Å²) in [4.78, 5) is 15.7. The lowest BCUT2D eigenvalue weighted by atomic mass is 9.92. The van der Waals surface area contributed by atoms with Crippen LogP contribution in [0.3, 0.4) is 0 Å². The van der Waals surface area contributed by atoms with E-state index >= 15 is 0 Å². The van der Waals surface area contributed by atoms with Crippen molar-refractivity contribution in [3.05, 3.63) is 57.6 Å². The smallest absolute Gasteiger partial charge is 0.379 e. The number of thioether (sulfide) groups is 1. The number of aromatic nitrogens is 1. The number of benzene rings is 2. The first-order valence-corrected chi connectivity index (χ1v) is 13.2. The van der Waals surface area contributed by atoms with Gasteiger partial charge in [-0.1, -0.05) is 6.07 Å². The standard InChI is InChI=1S/C27H26F4N4O2S/c1-14-10-34(11-15(2)33-14)22-8-23(36)35-12-18(37-3)13-38-26-24(19-5-4-17(28)6-16(19)9-32)21(27(29,30)31)7-20(22)25(26)35/h4-8,14-15,18,33H,10-13H2,1-3H3/t14-,15+,18-/m0/s1. The zero-order valence-corrected chi connectivity index (χ0v) is 21.8. The maximum atomic E-state index is 14.8. The average molecular weight is 547 g/mol. The largest absolute Gasteiger partial charge is 0.417 e. The normalized spacial score (nSPS) is 21.8. The van der Waals surface area contributed by atoms with Crippen molar-refractivity contribution in [1.82, 2.24) is 9.88 Å². The van der Waals surface area contributed by atoms with E-state index in [1.54, 1.807) is 0 Å². The first kappa shape index (κ1) is 26.5. The molecule has 0 unspecified atom stereocenters. The third-order valence-electron chi connectivity index (χ3n) is 7.04. The van der Waals surface area contributed by atoms with Gasteiger partial charge in [-0.05, 0) is 32.0 Å². The molecule has 3 atom stereocenters. The van der Waals surface area contributed by atoms with Crippen molar-refractivity contribution >= 4 is 28.4 Å². The van der Waals surface area contributed by atoms with Crippen LogP contribution in [0, 0.1) is 17.1 Å². The van der Waals surface area contributed by atoms with E-state index < -0.39 is 23.7 Å². The Morgan fingerprint density at radius 1 is 1.13 bits per heavy atom. The summed E-state index contributed by atoms with van der Waals surface area (Å²) in [5.74, 6) is -0.431. The molecule has 2 aliphatic heterocycles. The summed E-state index contributed by atoms with van der Waals surface area (Å²) in [5.41, 5.74) is -0.945. The quantitative estimate of drug-likeness (QED) is 0.466. The van der Waals surface area contributed by atoms with Gasteiger partial charge in [0.1, 0.15) is 5.82 Å². The zero-order chi connectivity index (χ0) is 27.4. The van der Waals surface area contributed by atoms with E-state index in [9.17, 15) is 27.6 Å². The van der Waals surface area contributed by atoms with Gasteiger partial charge < -0.3 is 19.5 Å². The van der Waals surface area contributed by atoms with Crippen molar-refractivity contribution < 1.29 is 22.3 Å². The molecule has 2 aliphatic rings. The second-order valence-electron chi connectivity index (χ2n) is 9.84. The van der Waals surface area contributed by atoms with Gasteiger partial charge in [-0.15, -0.1) is 11.8 Å². The van der Waals surface area contributed by atoms with Crippen LogP contribution in [0.25, 0.3) is 22.0 Å². The Morgan fingerprint density at radius 3 is 2.47 bits per heavy atom. The zero-order valence-electron chi connectivity index (χ0n) is 21.0. The van der Waals surface area contributed by atoms with Crippen molar-refractivity contribution in [3.63, 3.8) is 0 Å². The highest BCUT2D eigenvalue weighted by Gasteiger charge is 2.39. The summed E-state index contributed by atoms with van der Waals surface area (Å²) >= 11 is 1.16. The molecule has 1 aromatic heterocycles. The fraction of sp³-hybridized carbons (Fsp3) is 0.407. The van der Waals surface area contributed by atoms with Crippen LogP contribution in [0.2, 0.25) is 0 Å². The van der Waals surface area contributed by atoms with E-state index in [0.717, 1.165) is 30.0 Å². The summed E-state index contributed by atoms with van der Waals surface area (Å²) < 4.78 is 65.2. The monoisotopic (exact) mass is 546 g/mol. The van der Waals surface area contributed by atoms with Gasteiger partial charge in [0, 0.05) is 65.5 Å². The molecule has 0 saturated carbocycles. The Bertz CT molecular complexity index is 1500. The predicted molar refractivity (Wildman–Crippen MR) is 139 cm³/mol. The van der Waals surface area contributed by atoms with Crippen molar-refractivity contribution in [2.45, 2.75) is 49.7 Å². The lowest BCUT2D eigenvalue weighted by Gasteiger charge is -2.38. The summed E-state index contributed by atoms with van der Waals surface area (Å²) in [6, 6.07) is 7.64. The first-order valence-electron chi connectivity index (χ1n) is 12.2. The molecule has 11 heteroatoms. The highest BCUT2D eigenvalue weighted by atomic mass is 32.2. The van der Waals surface area contributed by atoms with Crippen LogP contribution >= 0.6 is 11.8 Å². The molecule has 3 aromatic rings. The lowest BCUT2D eigenvalue weighted by molar-refractivity contribution is -0.137. The minimum atomic E-state index is -4.78. The van der Waals surface area contributed by atoms with Gasteiger partial charge >= 0.3 is 6.18 Å². The number of ether oxygens (including phenoxy) is 1. The number of nitriles is 1. The van der Waals surface area contributed by atoms with Gasteiger partial charge in [-0.3, -0.25) is 4.79 Å². The molecular formula is C27H26F4N4O2S. The topological polar surface area (TPSA) is 70.3 Å². The molecule has 5 rings (SSSR count). The number of piperazine rings is 1. The Balaban J connectivity index is 1.93. The number of nitrogens with one attached hydrogen (secondary N) is 1. The Morgan fingerprint density at radius 2 is 1.84 bits per heavy atom. The SMILES string of the molecule is CO[C@@H]1CSc2c(-c3ccc(F)cc3C#N)c(C(F)(F)F)cc3c(N4C[C@@H](C)N[C@@H](C)C4)cc(=O)n(c23)C1. The molecule has 1 fully saturated rings. The molecule has 0 spiro atoms. The molecular weight excluding hydrogens is 520 g/mol. The summed E-state index contributed by atoms with van der Waals surface area (Å²) in [6.07, 6.45) is -5.21. The molecule has 3 heterocycles. The number of alkyl halides is 3. The molecule has 0 bridgehead atoms. The number of pyridine rings is 1. The number of nitrogens with zero attached hydrogens (tertiary/aromatic N) is 3. The van der Waals surface area contributed by atoms with Crippen molar-refractivity contribution in [1.29, 1.82) is 5.26 Å². The van der Waals surface area contributed by atoms with Gasteiger partial charge in [0.05, 0.1) is 41.0 Å². The van der Waals surface area contributed by atoms with E-state index in [1.807, 2.05) is 24.8 Å². The summed E-state index contributed by atoms with van der Waals surface area (Å²) in [6.45, 7) is 5.18. The van der Waals surface area contributed by atoms with Crippen molar-refractivity contribution in [2.75, 3.05) is 30.9 Å². The van der Waals surface area contributed by atoms with E-state index in [1.165, 1.54) is 23.8 Å². The van der Waals surface area contributed by atoms with Crippen molar-refractivity contribution in [2.24, 2.45) is 0 Å². The average Bonchev–Trinajstić information content (AvgIpc) is 3.05. The second-order valence-corrected chi connectivity index (χ2v) is 10.9. The number of methoxy groups -OCH3 is 1. The lowest BCUT2D eigenvalue weighted by Crippen LogP contribution is -2.54. The molecule has 0 amide bonds. The molecule has 0 radical (unpaired) electrons. The van der Waals surface area contributed by atoms with Gasteiger partial charge in [-0.25, -0.2) is 4.39 Å². The second kappa shape index (κ2) is 9.91. The fourth-order valence-corrected chi connectivity index (χ4v) is 6.81. The Kier molecular flexibility index (Phi) is 6.92. The maximum absolute atomic E-state index is 14.8. The minimum absolute atomic E-state index is 0.0321. The molecule has 6 nitrogen and oxygen atoms in total. The first-order chi connectivity index (χ1) is 18.0. The van der Waals surface area contributed by atoms with Crippen LogP contribution in [0.1, 0.15) is 25.0 Å². The van der Waals surface area contributed by atoms with E-state index in [4.69, 9.17) is 4.74 Å². The number of anilines is 1. The molecule has 200 valence electrons. The summed E-state index contributed by atoms with van der Waals surface area (Å²) in [5, 5.41) is 13.4. The fourth-order valence-electron chi connectivity index (χ4n) is 5.49. The van der Waals surface area contributed by atoms with Gasteiger partial charge in [-0.2, -0.15) is 18.4 Å². The molecule has 1 saturated heterocycles. The minimum Gasteiger partial charge on any atom is -0.379 e. The van der Waals surface area contributed by atoms with Crippen LogP contribution in [0.15, 0.2) is 40.0 Å². The van der Waals surface area contributed by atoms with E-state index in [2.05, 4.69) is 5.32 Å². The number of hydrogen-bond donors (Lipinski definition) is 1. The number of halogens is 4. The van der Waals surface area contributed by atoms with Crippen LogP contribution in [-0.2, 0) is 17.5 Å². The molecule has 0 aliphatic carbocycles. The Hall–Kier alpha value is -3.07. The molecule has 2 aromatic carbocycles. The van der Waals surface area contributed by atoms with Crippen molar-refractivity contribution in [3.8, 4) is 17.2 Å². The van der Waals surface area contributed by atoms with E-state index in [-0.39, 0.29) is 45.8 Å². The third kappa shape index (κ3) is 4.65. The summed E-state index contributed by atoms with van der Waals surface area (Å²) in [7, 11) is 1.50. The predicted octanol–water partition coefficient (Wildman–Crippen LogP) is 5.01. The number of hydrogen-bond acceptors (Lipinski definition) is 6. The number of rotatable bonds is 3. The Labute approximate surface area is 221 Å². The van der Waals surface area contributed by atoms with E-state index in [0.29, 0.717) is 35.4 Å². The van der Waals surface area contributed by atoms with Crippen LogP contribution < -0.4 is 15.8 Å². The van der Waals surface area contributed by atoms with Crippen LogP contribution in [0.4, 0.5) is 23.2 Å². The van der Waals surface area contributed by atoms with Gasteiger partial charge in [0.25, 0.3) is 5.56 Å². The molecule has 38 heavy (non-hydrogen) atoms.